The minimum atomic E-state index is -0.551. The molecule has 0 heterocycles. The molecule has 0 spiro atoms. The maximum atomic E-state index is 13.3. The minimum Gasteiger partial charge on any atom is -0.293 e. The van der Waals surface area contributed by atoms with Crippen LogP contribution in [0.2, 0.25) is 0 Å². The van der Waals surface area contributed by atoms with Crippen molar-refractivity contribution in [3.8, 4) is 0 Å². The Morgan fingerprint density at radius 1 is 1.07 bits per heavy atom. The molecular formula is C24H23ClO2S. The van der Waals surface area contributed by atoms with E-state index in [-0.39, 0.29) is 17.0 Å². The van der Waals surface area contributed by atoms with E-state index in [4.69, 9.17) is 11.6 Å². The fraction of sp³-hybridized carbons (Fsp3) is 0.333. The van der Waals surface area contributed by atoms with Crippen molar-refractivity contribution in [1.82, 2.24) is 0 Å². The number of Topliss-reactive ketones (excluding diaryl/α,β-unsaturated/α-hetero) is 2. The van der Waals surface area contributed by atoms with Gasteiger partial charge in [-0.1, -0.05) is 74.5 Å². The normalized spacial score (nSPS) is 24.6. The molecule has 1 saturated carbocycles. The molecule has 4 heteroatoms. The number of thioether (sulfide) groups is 1. The summed E-state index contributed by atoms with van der Waals surface area (Å²) in [6.45, 7) is 6.58. The fourth-order valence-electron chi connectivity index (χ4n) is 4.00. The number of benzene rings is 1. The Balaban J connectivity index is 1.69. The van der Waals surface area contributed by atoms with Gasteiger partial charge in [0.1, 0.15) is 0 Å². The zero-order valence-electron chi connectivity index (χ0n) is 16.3. The largest absolute Gasteiger partial charge is 0.293 e. The predicted octanol–water partition coefficient (Wildman–Crippen LogP) is 6.13. The Morgan fingerprint density at radius 3 is 2.46 bits per heavy atom. The molecule has 28 heavy (non-hydrogen) atoms. The number of hydrogen-bond acceptors (Lipinski definition) is 3. The predicted molar refractivity (Wildman–Crippen MR) is 115 cm³/mol. The molecule has 3 aliphatic carbocycles. The highest BCUT2D eigenvalue weighted by molar-refractivity contribution is 8.03. The fourth-order valence-corrected chi connectivity index (χ4v) is 5.40. The SMILES string of the molecule is CC(C)(C)c1ccc(SC2=C3C(=O)C4C=CC=C(Cl)C4C(=O)C3=CCC2)cc1. The molecule has 2 atom stereocenters. The minimum absolute atomic E-state index is 0.0202. The van der Waals surface area contributed by atoms with Crippen molar-refractivity contribution in [3.05, 3.63) is 75.2 Å². The Labute approximate surface area is 175 Å². The molecule has 0 bridgehead atoms. The average molecular weight is 411 g/mol. The van der Waals surface area contributed by atoms with Crippen LogP contribution in [0.25, 0.3) is 0 Å². The number of allylic oxidation sites excluding steroid dienone is 8. The van der Waals surface area contributed by atoms with Gasteiger partial charge in [-0.05, 0) is 42.0 Å². The van der Waals surface area contributed by atoms with Crippen molar-refractivity contribution in [1.29, 1.82) is 0 Å². The molecule has 1 aromatic rings. The molecule has 0 aliphatic heterocycles. The zero-order chi connectivity index (χ0) is 20.1. The van der Waals surface area contributed by atoms with Crippen LogP contribution < -0.4 is 0 Å². The van der Waals surface area contributed by atoms with Crippen LogP contribution in [0.3, 0.4) is 0 Å². The van der Waals surface area contributed by atoms with E-state index in [0.717, 1.165) is 22.6 Å². The monoisotopic (exact) mass is 410 g/mol. The molecule has 0 amide bonds. The molecule has 0 radical (unpaired) electrons. The van der Waals surface area contributed by atoms with Gasteiger partial charge in [-0.25, -0.2) is 0 Å². The van der Waals surface area contributed by atoms with Crippen molar-refractivity contribution < 1.29 is 9.59 Å². The van der Waals surface area contributed by atoms with E-state index in [1.54, 1.807) is 23.9 Å². The van der Waals surface area contributed by atoms with E-state index in [1.165, 1.54) is 5.56 Å². The van der Waals surface area contributed by atoms with Gasteiger partial charge in [0, 0.05) is 26.0 Å². The molecule has 0 N–H and O–H groups in total. The van der Waals surface area contributed by atoms with E-state index in [1.807, 2.05) is 12.2 Å². The van der Waals surface area contributed by atoms with Crippen molar-refractivity contribution >= 4 is 34.9 Å². The lowest BCUT2D eigenvalue weighted by Crippen LogP contribution is -2.40. The van der Waals surface area contributed by atoms with E-state index in [9.17, 15) is 9.59 Å². The van der Waals surface area contributed by atoms with E-state index in [2.05, 4.69) is 45.0 Å². The third-order valence-corrected chi connectivity index (χ3v) is 7.08. The van der Waals surface area contributed by atoms with Crippen LogP contribution in [0.1, 0.15) is 39.2 Å². The molecular weight excluding hydrogens is 388 g/mol. The summed E-state index contributed by atoms with van der Waals surface area (Å²) in [4.78, 5) is 28.4. The smallest absolute Gasteiger partial charge is 0.172 e. The number of fused-ring (bicyclic) bond motifs is 2. The van der Waals surface area contributed by atoms with Crippen LogP contribution in [-0.4, -0.2) is 11.6 Å². The van der Waals surface area contributed by atoms with Gasteiger partial charge in [0.25, 0.3) is 0 Å². The molecule has 1 aromatic carbocycles. The van der Waals surface area contributed by atoms with Crippen molar-refractivity contribution in [2.45, 2.75) is 43.9 Å². The summed E-state index contributed by atoms with van der Waals surface area (Å²) in [5.74, 6) is -1.03. The van der Waals surface area contributed by atoms with Crippen LogP contribution in [0, 0.1) is 11.8 Å². The lowest BCUT2D eigenvalue weighted by molar-refractivity contribution is -0.128. The molecule has 4 rings (SSSR count). The third-order valence-electron chi connectivity index (χ3n) is 5.56. The van der Waals surface area contributed by atoms with Gasteiger partial charge in [-0.3, -0.25) is 9.59 Å². The Morgan fingerprint density at radius 2 is 1.79 bits per heavy atom. The number of carbonyl (C=O) groups is 2. The third kappa shape index (κ3) is 3.35. The second kappa shape index (κ2) is 7.20. The number of rotatable bonds is 2. The highest BCUT2D eigenvalue weighted by Crippen LogP contribution is 2.46. The van der Waals surface area contributed by atoms with Gasteiger partial charge in [-0.2, -0.15) is 0 Å². The van der Waals surface area contributed by atoms with Crippen LogP contribution in [-0.2, 0) is 15.0 Å². The van der Waals surface area contributed by atoms with Gasteiger partial charge >= 0.3 is 0 Å². The van der Waals surface area contributed by atoms with Crippen molar-refractivity contribution in [3.63, 3.8) is 0 Å². The summed E-state index contributed by atoms with van der Waals surface area (Å²) in [5.41, 5.74) is 2.55. The second-order valence-electron chi connectivity index (χ2n) is 8.50. The average Bonchev–Trinajstić information content (AvgIpc) is 2.65. The van der Waals surface area contributed by atoms with E-state index in [0.29, 0.717) is 16.2 Å². The lowest BCUT2D eigenvalue weighted by Gasteiger charge is -2.34. The van der Waals surface area contributed by atoms with Gasteiger partial charge in [0.15, 0.2) is 11.6 Å². The number of carbonyl (C=O) groups excluding carboxylic acids is 2. The zero-order valence-corrected chi connectivity index (χ0v) is 17.9. The molecule has 0 saturated heterocycles. The maximum Gasteiger partial charge on any atom is 0.172 e. The molecule has 0 aromatic heterocycles. The first-order valence-electron chi connectivity index (χ1n) is 9.62. The van der Waals surface area contributed by atoms with E-state index < -0.39 is 11.8 Å². The summed E-state index contributed by atoms with van der Waals surface area (Å²) in [6.07, 6.45) is 8.79. The Kier molecular flexibility index (Phi) is 5.01. The van der Waals surface area contributed by atoms with Crippen LogP contribution in [0.4, 0.5) is 0 Å². The molecule has 144 valence electrons. The second-order valence-corrected chi connectivity index (χ2v) is 10.1. The van der Waals surface area contributed by atoms with Crippen LogP contribution in [0.15, 0.2) is 74.5 Å². The molecule has 2 unspecified atom stereocenters. The lowest BCUT2D eigenvalue weighted by atomic mass is 9.69. The Hall–Kier alpha value is -1.84. The van der Waals surface area contributed by atoms with E-state index >= 15 is 0 Å². The summed E-state index contributed by atoms with van der Waals surface area (Å²) < 4.78 is 0. The summed E-state index contributed by atoms with van der Waals surface area (Å²) in [7, 11) is 0. The highest BCUT2D eigenvalue weighted by Gasteiger charge is 2.46. The summed E-state index contributed by atoms with van der Waals surface area (Å²) in [5, 5.41) is 0.461. The number of halogens is 1. The quantitative estimate of drug-likeness (QED) is 0.588. The first-order chi connectivity index (χ1) is 13.3. The van der Waals surface area contributed by atoms with Crippen LogP contribution in [0.5, 0.6) is 0 Å². The summed E-state index contributed by atoms with van der Waals surface area (Å²) in [6, 6.07) is 8.50. The maximum absolute atomic E-state index is 13.3. The molecule has 3 aliphatic rings. The first kappa shape index (κ1) is 19.5. The molecule has 1 fully saturated rings. The first-order valence-corrected chi connectivity index (χ1v) is 10.8. The topological polar surface area (TPSA) is 34.1 Å². The number of hydrogen-bond donors (Lipinski definition) is 0. The van der Waals surface area contributed by atoms with Gasteiger partial charge in [-0.15, -0.1) is 0 Å². The van der Waals surface area contributed by atoms with Crippen LogP contribution >= 0.6 is 23.4 Å². The van der Waals surface area contributed by atoms with Crippen molar-refractivity contribution in [2.24, 2.45) is 11.8 Å². The van der Waals surface area contributed by atoms with Gasteiger partial charge in [0.05, 0.1) is 11.8 Å². The summed E-state index contributed by atoms with van der Waals surface area (Å²) >= 11 is 7.90. The standard InChI is InChI=1S/C24H23ClO2S/c1-24(2,3)14-10-12-15(13-11-14)28-19-9-5-7-17-21(19)23(27)16-6-4-8-18(25)20(16)22(17)26/h4,6-8,10-13,16,20H,5,9H2,1-3H3. The van der Waals surface area contributed by atoms with Crippen molar-refractivity contribution in [2.75, 3.05) is 0 Å². The van der Waals surface area contributed by atoms with Gasteiger partial charge < -0.3 is 0 Å². The molecule has 2 nitrogen and oxygen atoms in total. The Bertz CT molecular complexity index is 971. The number of ketones is 2. The van der Waals surface area contributed by atoms with Gasteiger partial charge in [0.2, 0.25) is 0 Å². The highest BCUT2D eigenvalue weighted by atomic mass is 35.5.